The number of nitrogens with zero attached hydrogens (tertiary/aromatic N) is 5. The van der Waals surface area contributed by atoms with E-state index < -0.39 is 0 Å². The van der Waals surface area contributed by atoms with Crippen molar-refractivity contribution in [1.29, 1.82) is 0 Å². The number of aryl methyl sites for hydroxylation is 1. The van der Waals surface area contributed by atoms with Gasteiger partial charge < -0.3 is 9.64 Å². The maximum absolute atomic E-state index is 12.5. The Morgan fingerprint density at radius 3 is 2.59 bits per heavy atom. The maximum atomic E-state index is 12.5. The fourth-order valence-corrected chi connectivity index (χ4v) is 3.11. The predicted molar refractivity (Wildman–Crippen MR) is 106 cm³/mol. The monoisotopic (exact) mass is 370 g/mol. The van der Waals surface area contributed by atoms with Gasteiger partial charge in [0.2, 0.25) is 5.95 Å². The molecule has 8 nitrogen and oxygen atoms in total. The zero-order valence-corrected chi connectivity index (χ0v) is 16.9. The molecule has 0 aromatic carbocycles. The topological polar surface area (TPSA) is 88.9 Å². The van der Waals surface area contributed by atoms with E-state index in [0.717, 1.165) is 22.6 Å². The summed E-state index contributed by atoms with van der Waals surface area (Å²) in [5.74, 6) is 1.30. The van der Waals surface area contributed by atoms with Crippen molar-refractivity contribution in [3.63, 3.8) is 0 Å². The van der Waals surface area contributed by atoms with Crippen LogP contribution < -0.4 is 15.2 Å². The lowest BCUT2D eigenvalue weighted by Gasteiger charge is -2.22. The Morgan fingerprint density at radius 2 is 1.96 bits per heavy atom. The Labute approximate surface area is 158 Å². The van der Waals surface area contributed by atoms with Gasteiger partial charge in [-0.25, -0.2) is 4.68 Å². The Balaban J connectivity index is 2.02. The van der Waals surface area contributed by atoms with Crippen molar-refractivity contribution in [2.75, 3.05) is 19.1 Å². The van der Waals surface area contributed by atoms with Crippen LogP contribution in [0.4, 0.5) is 5.95 Å². The number of anilines is 1. The largest absolute Gasteiger partial charge is 0.496 e. The molecule has 3 rings (SSSR count). The highest BCUT2D eigenvalue weighted by atomic mass is 16.5. The SMILES string of the molecule is COc1c(C)cnc(CN(C)c2nc3c(cnn3C(C)(C)C)c(=O)[nH]2)c1C. The van der Waals surface area contributed by atoms with Gasteiger partial charge in [0.1, 0.15) is 11.1 Å². The van der Waals surface area contributed by atoms with Crippen LogP contribution in [0, 0.1) is 13.8 Å². The van der Waals surface area contributed by atoms with E-state index >= 15 is 0 Å². The highest BCUT2D eigenvalue weighted by Crippen LogP contribution is 2.25. The standard InChI is InChI=1S/C19H26N6O2/c1-11-8-20-14(12(2)15(11)27-7)10-24(6)18-22-16-13(17(26)23-18)9-21-25(16)19(3,4)5/h8-9H,10H2,1-7H3,(H,22,23,26). The number of nitrogens with one attached hydrogen (secondary N) is 1. The summed E-state index contributed by atoms with van der Waals surface area (Å²) < 4.78 is 7.25. The van der Waals surface area contributed by atoms with E-state index in [-0.39, 0.29) is 11.1 Å². The van der Waals surface area contributed by atoms with E-state index in [1.165, 1.54) is 0 Å². The van der Waals surface area contributed by atoms with E-state index in [1.54, 1.807) is 24.2 Å². The summed E-state index contributed by atoms with van der Waals surface area (Å²) in [6.07, 6.45) is 3.36. The number of aromatic amines is 1. The molecule has 8 heteroatoms. The number of H-pyrrole nitrogens is 1. The molecular formula is C19H26N6O2. The number of ether oxygens (including phenoxy) is 1. The number of hydrogen-bond donors (Lipinski definition) is 1. The molecule has 3 aromatic heterocycles. The average molecular weight is 370 g/mol. The number of aromatic nitrogens is 5. The lowest BCUT2D eigenvalue weighted by molar-refractivity contribution is 0.366. The highest BCUT2D eigenvalue weighted by Gasteiger charge is 2.21. The van der Waals surface area contributed by atoms with Gasteiger partial charge in [0.15, 0.2) is 5.65 Å². The molecule has 0 saturated carbocycles. The second-order valence-electron chi connectivity index (χ2n) is 7.76. The Kier molecular flexibility index (Phi) is 4.67. The molecule has 0 amide bonds. The van der Waals surface area contributed by atoms with Crippen LogP contribution in [0.3, 0.4) is 0 Å². The van der Waals surface area contributed by atoms with Crippen LogP contribution in [0.5, 0.6) is 5.75 Å². The Bertz CT molecular complexity index is 1040. The summed E-state index contributed by atoms with van der Waals surface area (Å²) in [6, 6.07) is 0. The molecule has 0 aliphatic rings. The first-order chi connectivity index (χ1) is 12.6. The molecule has 0 unspecified atom stereocenters. The van der Waals surface area contributed by atoms with E-state index in [0.29, 0.717) is 23.5 Å². The van der Waals surface area contributed by atoms with E-state index in [4.69, 9.17) is 4.74 Å². The molecule has 0 spiro atoms. The fourth-order valence-electron chi connectivity index (χ4n) is 3.11. The highest BCUT2D eigenvalue weighted by molar-refractivity contribution is 5.74. The van der Waals surface area contributed by atoms with Gasteiger partial charge in [-0.15, -0.1) is 0 Å². The van der Waals surface area contributed by atoms with Crippen molar-refractivity contribution in [2.45, 2.75) is 46.7 Å². The van der Waals surface area contributed by atoms with Gasteiger partial charge in [-0.3, -0.25) is 14.8 Å². The van der Waals surface area contributed by atoms with Crippen LogP contribution in [0.15, 0.2) is 17.2 Å². The van der Waals surface area contributed by atoms with E-state index in [2.05, 4.69) is 20.1 Å². The van der Waals surface area contributed by atoms with Crippen LogP contribution >= 0.6 is 0 Å². The molecule has 3 heterocycles. The minimum absolute atomic E-state index is 0.205. The molecule has 0 aliphatic carbocycles. The van der Waals surface area contributed by atoms with Crippen molar-refractivity contribution in [3.05, 3.63) is 39.6 Å². The fraction of sp³-hybridized carbons (Fsp3) is 0.474. The number of rotatable bonds is 4. The smallest absolute Gasteiger partial charge is 0.263 e. The normalized spacial score (nSPS) is 11.8. The average Bonchev–Trinajstić information content (AvgIpc) is 3.02. The maximum Gasteiger partial charge on any atom is 0.263 e. The lowest BCUT2D eigenvalue weighted by Crippen LogP contribution is -2.26. The zero-order chi connectivity index (χ0) is 19.9. The third-order valence-corrected chi connectivity index (χ3v) is 4.56. The molecule has 27 heavy (non-hydrogen) atoms. The van der Waals surface area contributed by atoms with Crippen LogP contribution in [0.25, 0.3) is 11.0 Å². The number of pyridine rings is 1. The van der Waals surface area contributed by atoms with Crippen molar-refractivity contribution in [3.8, 4) is 5.75 Å². The number of fused-ring (bicyclic) bond motifs is 1. The summed E-state index contributed by atoms with van der Waals surface area (Å²) >= 11 is 0. The van der Waals surface area contributed by atoms with Gasteiger partial charge in [-0.05, 0) is 34.6 Å². The Morgan fingerprint density at radius 1 is 1.26 bits per heavy atom. The van der Waals surface area contributed by atoms with Gasteiger partial charge >= 0.3 is 0 Å². The van der Waals surface area contributed by atoms with Crippen molar-refractivity contribution < 1.29 is 4.74 Å². The second kappa shape index (κ2) is 6.68. The van der Waals surface area contributed by atoms with Crippen LogP contribution in [0.2, 0.25) is 0 Å². The molecule has 144 valence electrons. The van der Waals surface area contributed by atoms with Gasteiger partial charge in [0.05, 0.1) is 31.1 Å². The molecule has 0 radical (unpaired) electrons. The van der Waals surface area contributed by atoms with Crippen LogP contribution in [0.1, 0.15) is 37.6 Å². The molecular weight excluding hydrogens is 344 g/mol. The van der Waals surface area contributed by atoms with E-state index in [9.17, 15) is 4.79 Å². The summed E-state index contributed by atoms with van der Waals surface area (Å²) in [5.41, 5.74) is 2.92. The molecule has 3 aromatic rings. The lowest BCUT2D eigenvalue weighted by atomic mass is 10.1. The molecule has 0 atom stereocenters. The van der Waals surface area contributed by atoms with Crippen molar-refractivity contribution in [2.24, 2.45) is 0 Å². The van der Waals surface area contributed by atoms with Gasteiger partial charge in [-0.2, -0.15) is 10.1 Å². The molecule has 1 N–H and O–H groups in total. The molecule has 0 bridgehead atoms. The van der Waals surface area contributed by atoms with E-state index in [1.807, 2.05) is 46.6 Å². The predicted octanol–water partition coefficient (Wildman–Crippen LogP) is 2.53. The van der Waals surface area contributed by atoms with Gasteiger partial charge in [0, 0.05) is 24.4 Å². The molecule has 0 aliphatic heterocycles. The summed E-state index contributed by atoms with van der Waals surface area (Å²) in [7, 11) is 3.53. The third-order valence-electron chi connectivity index (χ3n) is 4.56. The minimum Gasteiger partial charge on any atom is -0.496 e. The summed E-state index contributed by atoms with van der Waals surface area (Å²) in [6.45, 7) is 10.5. The van der Waals surface area contributed by atoms with Crippen molar-refractivity contribution >= 4 is 17.0 Å². The van der Waals surface area contributed by atoms with Crippen molar-refractivity contribution in [1.82, 2.24) is 24.7 Å². The van der Waals surface area contributed by atoms with Crippen LogP contribution in [-0.2, 0) is 12.1 Å². The zero-order valence-electron chi connectivity index (χ0n) is 16.9. The van der Waals surface area contributed by atoms with Gasteiger partial charge in [0.25, 0.3) is 5.56 Å². The quantitative estimate of drug-likeness (QED) is 0.759. The first-order valence-electron chi connectivity index (χ1n) is 8.82. The first kappa shape index (κ1) is 18.9. The number of methoxy groups -OCH3 is 1. The van der Waals surface area contributed by atoms with Gasteiger partial charge in [-0.1, -0.05) is 0 Å². The summed E-state index contributed by atoms with van der Waals surface area (Å²) in [4.78, 5) is 26.4. The second-order valence-corrected chi connectivity index (χ2v) is 7.76. The first-order valence-corrected chi connectivity index (χ1v) is 8.82. The minimum atomic E-state index is -0.277. The summed E-state index contributed by atoms with van der Waals surface area (Å²) in [5, 5.41) is 4.83. The van der Waals surface area contributed by atoms with Crippen LogP contribution in [-0.4, -0.2) is 38.9 Å². The molecule has 0 fully saturated rings. The third kappa shape index (κ3) is 3.39. The number of hydrogen-bond acceptors (Lipinski definition) is 6. The molecule has 0 saturated heterocycles. The Hall–Kier alpha value is -2.90.